The van der Waals surface area contributed by atoms with Crippen molar-refractivity contribution in [3.05, 3.63) is 45.0 Å². The molecule has 0 bridgehead atoms. The van der Waals surface area contributed by atoms with Crippen LogP contribution >= 0.6 is 0 Å². The predicted octanol–water partition coefficient (Wildman–Crippen LogP) is -0.216. The molecule has 2 heterocycles. The number of nitrogens with two attached hydrogens (primary N) is 1. The summed E-state index contributed by atoms with van der Waals surface area (Å²) >= 11 is 0. The van der Waals surface area contributed by atoms with Crippen LogP contribution in [0.5, 0.6) is 0 Å². The van der Waals surface area contributed by atoms with Crippen LogP contribution in [0.4, 0.5) is 0 Å². The number of primary amides is 1. The summed E-state index contributed by atoms with van der Waals surface area (Å²) < 4.78 is 1.18. The Kier molecular flexibility index (Phi) is 6.82. The molecule has 1 aromatic carbocycles. The topological polar surface area (TPSA) is 130 Å². The second-order valence-corrected chi connectivity index (χ2v) is 7.44. The van der Waals surface area contributed by atoms with E-state index in [0.29, 0.717) is 23.9 Å². The molecule has 2 amide bonds. The van der Waals surface area contributed by atoms with E-state index >= 15 is 0 Å². The highest BCUT2D eigenvalue weighted by Crippen LogP contribution is 2.15. The predicted molar refractivity (Wildman–Crippen MR) is 109 cm³/mol. The fraction of sp³-hybridized carbons (Fsp3) is 0.500. The molecular weight excluding hydrogens is 374 g/mol. The van der Waals surface area contributed by atoms with E-state index in [1.54, 1.807) is 24.3 Å². The van der Waals surface area contributed by atoms with Gasteiger partial charge in [-0.1, -0.05) is 12.1 Å². The van der Waals surface area contributed by atoms with Gasteiger partial charge in [-0.15, -0.1) is 0 Å². The quantitative estimate of drug-likeness (QED) is 0.527. The molecule has 4 N–H and O–H groups in total. The lowest BCUT2D eigenvalue weighted by Crippen LogP contribution is -2.42. The van der Waals surface area contributed by atoms with Crippen LogP contribution in [0.25, 0.3) is 10.8 Å². The maximum atomic E-state index is 12.4. The van der Waals surface area contributed by atoms with E-state index in [4.69, 9.17) is 5.73 Å². The van der Waals surface area contributed by atoms with Crippen molar-refractivity contribution >= 4 is 22.6 Å². The van der Waals surface area contributed by atoms with Gasteiger partial charge in [0.1, 0.15) is 0 Å². The molecular formula is C20H27N5O4. The number of amides is 2. The summed E-state index contributed by atoms with van der Waals surface area (Å²) in [6, 6.07) is 6.61. The molecule has 3 rings (SSSR count). The zero-order chi connectivity index (χ0) is 20.8. The fourth-order valence-corrected chi connectivity index (χ4v) is 3.73. The Labute approximate surface area is 167 Å². The summed E-state index contributed by atoms with van der Waals surface area (Å²) in [5.74, 6) is -0.509. The number of aromatic nitrogens is 2. The van der Waals surface area contributed by atoms with Gasteiger partial charge in [0.05, 0.1) is 23.2 Å². The monoisotopic (exact) mass is 401 g/mol. The number of nitrogens with zero attached hydrogens (tertiary/aromatic N) is 2. The minimum absolute atomic E-state index is 0.0826. The van der Waals surface area contributed by atoms with E-state index in [2.05, 4.69) is 15.3 Å². The van der Waals surface area contributed by atoms with Crippen LogP contribution < -0.4 is 22.2 Å². The summed E-state index contributed by atoms with van der Waals surface area (Å²) in [7, 11) is 0. The Morgan fingerprint density at radius 1 is 1.17 bits per heavy atom. The maximum absolute atomic E-state index is 12.4. The first-order valence-electron chi connectivity index (χ1n) is 9.96. The summed E-state index contributed by atoms with van der Waals surface area (Å²) in [5, 5.41) is 6.04. The second kappa shape index (κ2) is 9.51. The lowest BCUT2D eigenvalue weighted by molar-refractivity contribution is -0.123. The van der Waals surface area contributed by atoms with Crippen molar-refractivity contribution in [1.82, 2.24) is 20.0 Å². The average Bonchev–Trinajstić information content (AvgIpc) is 2.73. The fourth-order valence-electron chi connectivity index (χ4n) is 3.73. The number of carbonyl (C=O) groups is 2. The van der Waals surface area contributed by atoms with Crippen molar-refractivity contribution in [1.29, 1.82) is 0 Å². The van der Waals surface area contributed by atoms with Crippen LogP contribution in [-0.2, 0) is 16.1 Å². The highest BCUT2D eigenvalue weighted by atomic mass is 16.2. The number of carbonyl (C=O) groups excluding carboxylic acids is 2. The van der Waals surface area contributed by atoms with Gasteiger partial charge in [0.15, 0.2) is 0 Å². The van der Waals surface area contributed by atoms with Crippen molar-refractivity contribution < 1.29 is 9.59 Å². The number of fused-ring (bicyclic) bond motifs is 1. The third-order valence-electron chi connectivity index (χ3n) is 5.33. The van der Waals surface area contributed by atoms with Crippen molar-refractivity contribution in [2.75, 3.05) is 26.2 Å². The highest BCUT2D eigenvalue weighted by Gasteiger charge is 2.23. The average molecular weight is 401 g/mol. The molecule has 0 radical (unpaired) electrons. The molecule has 1 saturated heterocycles. The van der Waals surface area contributed by atoms with E-state index in [9.17, 15) is 19.2 Å². The van der Waals surface area contributed by atoms with Crippen LogP contribution in [0.2, 0.25) is 0 Å². The number of rotatable bonds is 8. The third kappa shape index (κ3) is 5.32. The highest BCUT2D eigenvalue weighted by molar-refractivity contribution is 5.80. The minimum Gasteiger partial charge on any atom is -0.369 e. The molecule has 0 aliphatic carbocycles. The van der Waals surface area contributed by atoms with Crippen molar-refractivity contribution in [2.45, 2.75) is 32.2 Å². The Morgan fingerprint density at radius 3 is 2.69 bits per heavy atom. The maximum Gasteiger partial charge on any atom is 0.273 e. The first-order chi connectivity index (χ1) is 14.0. The standard InChI is InChI=1S/C20H27N5O4/c21-18(27)14-5-3-10-24(13-14)11-4-9-22-17(26)8-12-25-20(29)16-7-2-1-6-15(16)19(28)23-25/h1-2,6-7,14H,3-5,8-13H2,(H2,21,27)(H,22,26)(H,23,28). The van der Waals surface area contributed by atoms with E-state index < -0.39 is 0 Å². The molecule has 1 aromatic heterocycles. The van der Waals surface area contributed by atoms with E-state index in [1.807, 2.05) is 0 Å². The number of likely N-dealkylation sites (tertiary alicyclic amines) is 1. The number of benzene rings is 1. The Balaban J connectivity index is 1.43. The smallest absolute Gasteiger partial charge is 0.273 e. The Bertz CT molecular complexity index is 996. The van der Waals surface area contributed by atoms with Crippen LogP contribution in [-0.4, -0.2) is 52.7 Å². The lowest BCUT2D eigenvalue weighted by Gasteiger charge is -2.31. The van der Waals surface area contributed by atoms with Gasteiger partial charge >= 0.3 is 0 Å². The van der Waals surface area contributed by atoms with E-state index in [0.717, 1.165) is 32.4 Å². The molecule has 29 heavy (non-hydrogen) atoms. The van der Waals surface area contributed by atoms with Crippen LogP contribution in [0.3, 0.4) is 0 Å². The van der Waals surface area contributed by atoms with Gasteiger partial charge in [-0.2, -0.15) is 0 Å². The number of hydrogen-bond donors (Lipinski definition) is 3. The number of nitrogens with one attached hydrogen (secondary N) is 2. The van der Waals surface area contributed by atoms with Gasteiger partial charge in [0, 0.05) is 19.5 Å². The zero-order valence-corrected chi connectivity index (χ0v) is 16.4. The number of aromatic amines is 1. The molecule has 156 valence electrons. The summed E-state index contributed by atoms with van der Waals surface area (Å²) in [5.41, 5.74) is 4.72. The van der Waals surface area contributed by atoms with E-state index in [1.165, 1.54) is 4.68 Å². The normalized spacial score (nSPS) is 17.3. The summed E-state index contributed by atoms with van der Waals surface area (Å²) in [6.45, 7) is 3.04. The minimum atomic E-state index is -0.351. The van der Waals surface area contributed by atoms with Gasteiger partial charge in [-0.25, -0.2) is 4.68 Å². The SMILES string of the molecule is NC(=O)C1CCCN(CCCNC(=O)CCn2[nH]c(=O)c3ccccc3c2=O)C1. The van der Waals surface area contributed by atoms with Crippen LogP contribution in [0.15, 0.2) is 33.9 Å². The van der Waals surface area contributed by atoms with Gasteiger partial charge in [-0.3, -0.25) is 24.3 Å². The summed E-state index contributed by atoms with van der Waals surface area (Å²) in [6.07, 6.45) is 2.67. The first-order valence-corrected chi connectivity index (χ1v) is 9.96. The molecule has 0 spiro atoms. The van der Waals surface area contributed by atoms with Crippen molar-refractivity contribution in [2.24, 2.45) is 11.7 Å². The first kappa shape index (κ1) is 20.8. The molecule has 2 aromatic rings. The van der Waals surface area contributed by atoms with Gasteiger partial charge in [-0.05, 0) is 44.5 Å². The summed E-state index contributed by atoms with van der Waals surface area (Å²) in [4.78, 5) is 50.1. The van der Waals surface area contributed by atoms with Crippen LogP contribution in [0, 0.1) is 5.92 Å². The van der Waals surface area contributed by atoms with Gasteiger partial charge < -0.3 is 16.0 Å². The van der Waals surface area contributed by atoms with Crippen molar-refractivity contribution in [3.8, 4) is 0 Å². The number of piperidine rings is 1. The molecule has 9 nitrogen and oxygen atoms in total. The molecule has 1 fully saturated rings. The second-order valence-electron chi connectivity index (χ2n) is 7.44. The van der Waals surface area contributed by atoms with E-state index in [-0.39, 0.29) is 41.8 Å². The molecule has 1 aliphatic rings. The zero-order valence-electron chi connectivity index (χ0n) is 16.4. The molecule has 9 heteroatoms. The molecule has 1 aliphatic heterocycles. The number of aryl methyl sites for hydroxylation is 1. The van der Waals surface area contributed by atoms with Gasteiger partial charge in [0.25, 0.3) is 11.1 Å². The molecule has 1 atom stereocenters. The lowest BCUT2D eigenvalue weighted by atomic mass is 9.97. The number of hydrogen-bond acceptors (Lipinski definition) is 5. The molecule has 0 saturated carbocycles. The number of H-pyrrole nitrogens is 1. The van der Waals surface area contributed by atoms with Crippen molar-refractivity contribution in [3.63, 3.8) is 0 Å². The molecule has 1 unspecified atom stereocenters. The van der Waals surface area contributed by atoms with Crippen LogP contribution in [0.1, 0.15) is 25.7 Å². The third-order valence-corrected chi connectivity index (χ3v) is 5.33. The Morgan fingerprint density at radius 2 is 1.93 bits per heavy atom. The largest absolute Gasteiger partial charge is 0.369 e. The Hall–Kier alpha value is -2.94. The van der Waals surface area contributed by atoms with Gasteiger partial charge in [0.2, 0.25) is 11.8 Å².